The van der Waals surface area contributed by atoms with Crippen LogP contribution in [-0.2, 0) is 13.1 Å². The van der Waals surface area contributed by atoms with Crippen LogP contribution < -0.4 is 5.32 Å². The second-order valence-corrected chi connectivity index (χ2v) is 8.15. The molecule has 0 spiro atoms. The summed E-state index contributed by atoms with van der Waals surface area (Å²) in [6.07, 6.45) is 1.84. The fourth-order valence-corrected chi connectivity index (χ4v) is 3.65. The quantitative estimate of drug-likeness (QED) is 0.497. The van der Waals surface area contributed by atoms with Gasteiger partial charge in [-0.2, -0.15) is 0 Å². The zero-order valence-electron chi connectivity index (χ0n) is 18.0. The summed E-state index contributed by atoms with van der Waals surface area (Å²) in [6.45, 7) is 6.88. The average Bonchev–Trinajstić information content (AvgIpc) is 2.78. The minimum absolute atomic E-state index is 0.0207. The van der Waals surface area contributed by atoms with Gasteiger partial charge in [0.15, 0.2) is 0 Å². The highest BCUT2D eigenvalue weighted by Gasteiger charge is 2.22. The Hall–Kier alpha value is -2.53. The van der Waals surface area contributed by atoms with Crippen molar-refractivity contribution in [3.05, 3.63) is 102 Å². The predicted octanol–water partition coefficient (Wildman–Crippen LogP) is 4.43. The molecule has 2 aromatic carbocycles. The van der Waals surface area contributed by atoms with Gasteiger partial charge in [0.25, 0.3) is 0 Å². The molecular formula is C26H33N3O. The standard InChI is InChI=1S/C26H33N3O/c1-21(2)26(20-30)28-25(24-15-9-10-16-27-24)19-29(17-22-11-5-3-6-12-22)18-23-13-7-4-8-14-23/h3-16,21,25-26,28,30H,17-20H2,1-2H3/t25-,26+/m0/s1. The van der Waals surface area contributed by atoms with Gasteiger partial charge in [0.05, 0.1) is 18.3 Å². The van der Waals surface area contributed by atoms with E-state index >= 15 is 0 Å². The van der Waals surface area contributed by atoms with Gasteiger partial charge in [-0.25, -0.2) is 0 Å². The van der Waals surface area contributed by atoms with E-state index in [9.17, 15) is 5.11 Å². The van der Waals surface area contributed by atoms with Crippen molar-refractivity contribution in [2.24, 2.45) is 5.92 Å². The molecule has 0 radical (unpaired) electrons. The topological polar surface area (TPSA) is 48.4 Å². The number of aliphatic hydroxyl groups excluding tert-OH is 1. The summed E-state index contributed by atoms with van der Waals surface area (Å²) in [5.74, 6) is 0.331. The van der Waals surface area contributed by atoms with Crippen molar-refractivity contribution in [3.8, 4) is 0 Å². The molecule has 4 nitrogen and oxygen atoms in total. The molecule has 3 rings (SSSR count). The summed E-state index contributed by atoms with van der Waals surface area (Å²) in [4.78, 5) is 7.07. The smallest absolute Gasteiger partial charge is 0.0627 e. The van der Waals surface area contributed by atoms with Gasteiger partial charge in [0.1, 0.15) is 0 Å². The van der Waals surface area contributed by atoms with Crippen molar-refractivity contribution in [2.75, 3.05) is 13.2 Å². The lowest BCUT2D eigenvalue weighted by Gasteiger charge is -2.32. The van der Waals surface area contributed by atoms with Crippen LogP contribution in [-0.4, -0.2) is 34.2 Å². The largest absolute Gasteiger partial charge is 0.395 e. The van der Waals surface area contributed by atoms with E-state index in [1.54, 1.807) is 0 Å². The molecule has 2 N–H and O–H groups in total. The fraction of sp³-hybridized carbons (Fsp3) is 0.346. The Bertz CT molecular complexity index is 798. The molecule has 1 aromatic heterocycles. The summed E-state index contributed by atoms with van der Waals surface area (Å²) in [7, 11) is 0. The van der Waals surface area contributed by atoms with E-state index in [0.717, 1.165) is 25.3 Å². The van der Waals surface area contributed by atoms with Gasteiger partial charge in [-0.05, 0) is 29.2 Å². The minimum atomic E-state index is 0.0207. The zero-order valence-corrected chi connectivity index (χ0v) is 18.0. The number of hydrogen-bond acceptors (Lipinski definition) is 4. The van der Waals surface area contributed by atoms with Crippen LogP contribution in [0.1, 0.15) is 36.7 Å². The molecule has 0 saturated heterocycles. The third-order valence-corrected chi connectivity index (χ3v) is 5.40. The number of hydrogen-bond donors (Lipinski definition) is 2. The van der Waals surface area contributed by atoms with Gasteiger partial charge in [0.2, 0.25) is 0 Å². The number of benzene rings is 2. The molecule has 0 fully saturated rings. The Balaban J connectivity index is 1.84. The monoisotopic (exact) mass is 403 g/mol. The molecule has 0 aliphatic carbocycles. The zero-order chi connectivity index (χ0) is 21.2. The van der Waals surface area contributed by atoms with Crippen LogP contribution in [0.3, 0.4) is 0 Å². The molecule has 0 unspecified atom stereocenters. The number of aromatic nitrogens is 1. The molecule has 4 heteroatoms. The molecule has 158 valence electrons. The molecule has 0 amide bonds. The second-order valence-electron chi connectivity index (χ2n) is 8.15. The van der Waals surface area contributed by atoms with Crippen LogP contribution in [0.4, 0.5) is 0 Å². The maximum atomic E-state index is 9.90. The number of nitrogens with zero attached hydrogens (tertiary/aromatic N) is 2. The van der Waals surface area contributed by atoms with E-state index in [-0.39, 0.29) is 18.7 Å². The van der Waals surface area contributed by atoms with E-state index in [4.69, 9.17) is 0 Å². The summed E-state index contributed by atoms with van der Waals surface area (Å²) >= 11 is 0. The molecule has 0 bridgehead atoms. The normalized spacial score (nSPS) is 13.5. The van der Waals surface area contributed by atoms with E-state index in [1.807, 2.05) is 18.3 Å². The van der Waals surface area contributed by atoms with E-state index < -0.39 is 0 Å². The molecule has 1 heterocycles. The lowest BCUT2D eigenvalue weighted by molar-refractivity contribution is 0.169. The first-order valence-corrected chi connectivity index (χ1v) is 10.7. The lowest BCUT2D eigenvalue weighted by atomic mass is 10.0. The van der Waals surface area contributed by atoms with Crippen molar-refractivity contribution < 1.29 is 5.11 Å². The Morgan fingerprint density at radius 1 is 0.833 bits per heavy atom. The molecule has 3 aromatic rings. The molecule has 0 aliphatic rings. The summed E-state index contributed by atoms with van der Waals surface area (Å²) in [6, 6.07) is 27.2. The molecular weight excluding hydrogens is 370 g/mol. The maximum absolute atomic E-state index is 9.90. The van der Waals surface area contributed by atoms with Crippen molar-refractivity contribution in [2.45, 2.75) is 39.0 Å². The van der Waals surface area contributed by atoms with Crippen molar-refractivity contribution >= 4 is 0 Å². The number of rotatable bonds is 11. The third kappa shape index (κ3) is 6.77. The average molecular weight is 404 g/mol. The van der Waals surface area contributed by atoms with Gasteiger partial charge < -0.3 is 10.4 Å². The Labute approximate surface area is 180 Å². The van der Waals surface area contributed by atoms with Crippen molar-refractivity contribution in [1.29, 1.82) is 0 Å². The highest BCUT2D eigenvalue weighted by atomic mass is 16.3. The first kappa shape index (κ1) is 22.2. The third-order valence-electron chi connectivity index (χ3n) is 5.40. The van der Waals surface area contributed by atoms with Crippen LogP contribution >= 0.6 is 0 Å². The molecule has 30 heavy (non-hydrogen) atoms. The maximum Gasteiger partial charge on any atom is 0.0627 e. The molecule has 2 atom stereocenters. The highest BCUT2D eigenvalue weighted by molar-refractivity contribution is 5.18. The van der Waals surface area contributed by atoms with Crippen LogP contribution in [0.25, 0.3) is 0 Å². The number of aliphatic hydroxyl groups is 1. The summed E-state index contributed by atoms with van der Waals surface area (Å²) in [5, 5.41) is 13.6. The van der Waals surface area contributed by atoms with Gasteiger partial charge in [-0.15, -0.1) is 0 Å². The van der Waals surface area contributed by atoms with E-state index in [1.165, 1.54) is 11.1 Å². The number of nitrogens with one attached hydrogen (secondary N) is 1. The van der Waals surface area contributed by atoms with Crippen molar-refractivity contribution in [3.63, 3.8) is 0 Å². The van der Waals surface area contributed by atoms with Gasteiger partial charge >= 0.3 is 0 Å². The first-order valence-electron chi connectivity index (χ1n) is 10.7. The SMILES string of the molecule is CC(C)[C@@H](CO)N[C@@H](CN(Cc1ccccc1)Cc1ccccc1)c1ccccn1. The second kappa shape index (κ2) is 11.6. The van der Waals surface area contributed by atoms with Crippen LogP contribution in [0, 0.1) is 5.92 Å². The van der Waals surface area contributed by atoms with Crippen LogP contribution in [0.5, 0.6) is 0 Å². The highest BCUT2D eigenvalue weighted by Crippen LogP contribution is 2.19. The first-order chi connectivity index (χ1) is 14.7. The molecule has 0 aliphatic heterocycles. The summed E-state index contributed by atoms with van der Waals surface area (Å²) in [5.41, 5.74) is 3.58. The lowest BCUT2D eigenvalue weighted by Crippen LogP contribution is -2.44. The Kier molecular flexibility index (Phi) is 8.57. The fourth-order valence-electron chi connectivity index (χ4n) is 3.65. The summed E-state index contributed by atoms with van der Waals surface area (Å²) < 4.78 is 0. The van der Waals surface area contributed by atoms with Crippen molar-refractivity contribution in [1.82, 2.24) is 15.2 Å². The molecule has 0 saturated carbocycles. The van der Waals surface area contributed by atoms with E-state index in [0.29, 0.717) is 5.92 Å². The Morgan fingerprint density at radius 3 is 1.87 bits per heavy atom. The minimum Gasteiger partial charge on any atom is -0.395 e. The van der Waals surface area contributed by atoms with Crippen LogP contribution in [0.15, 0.2) is 85.1 Å². The van der Waals surface area contributed by atoms with E-state index in [2.05, 4.69) is 95.8 Å². The van der Waals surface area contributed by atoms with Gasteiger partial charge in [0, 0.05) is 31.9 Å². The number of pyridine rings is 1. The Morgan fingerprint density at radius 2 is 1.40 bits per heavy atom. The van der Waals surface area contributed by atoms with Crippen LogP contribution in [0.2, 0.25) is 0 Å². The predicted molar refractivity (Wildman–Crippen MR) is 123 cm³/mol. The van der Waals surface area contributed by atoms with Gasteiger partial charge in [-0.1, -0.05) is 80.6 Å². The van der Waals surface area contributed by atoms with Gasteiger partial charge in [-0.3, -0.25) is 9.88 Å².